The number of benzene rings is 2. The van der Waals surface area contributed by atoms with Crippen LogP contribution >= 0.6 is 0 Å². The van der Waals surface area contributed by atoms with Crippen molar-refractivity contribution in [3.05, 3.63) is 59.9 Å². The summed E-state index contributed by atoms with van der Waals surface area (Å²) in [6, 6.07) is 14.2. The molecule has 0 spiro atoms. The van der Waals surface area contributed by atoms with Gasteiger partial charge in [-0.3, -0.25) is 14.6 Å². The highest BCUT2D eigenvalue weighted by molar-refractivity contribution is 5.83. The lowest BCUT2D eigenvalue weighted by Gasteiger charge is -2.28. The van der Waals surface area contributed by atoms with Gasteiger partial charge < -0.3 is 20.1 Å². The molecule has 3 rings (SSSR count). The fourth-order valence-electron chi connectivity index (χ4n) is 3.69. The monoisotopic (exact) mass is 468 g/mol. The first-order valence-electron chi connectivity index (χ1n) is 11.1. The predicted molar refractivity (Wildman–Crippen MR) is 128 cm³/mol. The molecule has 0 aromatic heterocycles. The molecule has 34 heavy (non-hydrogen) atoms. The normalized spacial score (nSPS) is 16.3. The molecule has 1 aliphatic heterocycles. The summed E-state index contributed by atoms with van der Waals surface area (Å²) in [5.41, 5.74) is 3.63. The Morgan fingerprint density at radius 3 is 2.47 bits per heavy atom. The molecule has 0 fully saturated rings. The molecule has 1 heterocycles. The first kappa shape index (κ1) is 24.9. The molecular weight excluding hydrogens is 436 g/mol. The summed E-state index contributed by atoms with van der Waals surface area (Å²) in [6.45, 7) is 6.78. The number of amides is 2. The van der Waals surface area contributed by atoms with Crippen LogP contribution in [-0.4, -0.2) is 48.4 Å². The SMILES string of the molecule is COC(=O)C(CNC(C)=O)C1=CN(NC(=O)OC(C)(C)C)C(Cc2ccc3ccccc3c2)N1. The van der Waals surface area contributed by atoms with Crippen LogP contribution in [0.15, 0.2) is 54.4 Å². The minimum Gasteiger partial charge on any atom is -0.468 e. The number of hydrazine groups is 1. The first-order chi connectivity index (χ1) is 16.1. The van der Waals surface area contributed by atoms with Gasteiger partial charge in [0.15, 0.2) is 0 Å². The number of fused-ring (bicyclic) bond motifs is 1. The number of carbonyl (C=O) groups excluding carboxylic acids is 3. The highest BCUT2D eigenvalue weighted by atomic mass is 16.6. The second-order valence-electron chi connectivity index (χ2n) is 9.16. The van der Waals surface area contributed by atoms with Gasteiger partial charge in [0.2, 0.25) is 5.91 Å². The van der Waals surface area contributed by atoms with Crippen LogP contribution < -0.4 is 16.1 Å². The number of rotatable bonds is 7. The van der Waals surface area contributed by atoms with Gasteiger partial charge in [0.1, 0.15) is 17.7 Å². The molecule has 0 radical (unpaired) electrons. The number of methoxy groups -OCH3 is 1. The van der Waals surface area contributed by atoms with Crippen molar-refractivity contribution in [2.24, 2.45) is 5.92 Å². The van der Waals surface area contributed by atoms with Gasteiger partial charge in [-0.15, -0.1) is 0 Å². The molecule has 0 bridgehead atoms. The summed E-state index contributed by atoms with van der Waals surface area (Å²) < 4.78 is 10.3. The van der Waals surface area contributed by atoms with E-state index in [1.165, 1.54) is 14.0 Å². The quantitative estimate of drug-likeness (QED) is 0.536. The Balaban J connectivity index is 1.85. The fraction of sp³-hybridized carbons (Fsp3) is 0.400. The van der Waals surface area contributed by atoms with Gasteiger partial charge in [0.25, 0.3) is 0 Å². The number of hydrogen-bond donors (Lipinski definition) is 3. The number of esters is 1. The highest BCUT2D eigenvalue weighted by Crippen LogP contribution is 2.23. The van der Waals surface area contributed by atoms with E-state index in [2.05, 4.69) is 22.1 Å². The maximum Gasteiger partial charge on any atom is 0.426 e. The van der Waals surface area contributed by atoms with Gasteiger partial charge in [-0.05, 0) is 37.1 Å². The van der Waals surface area contributed by atoms with Crippen molar-refractivity contribution in [2.75, 3.05) is 13.7 Å². The molecular formula is C25H32N4O5. The maximum atomic E-state index is 12.5. The standard InChI is InChI=1S/C25H32N4O5/c1-16(30)26-14-20(23(31)33-5)21-15-29(28-24(32)34-25(2,3)4)22(27-21)13-17-10-11-18-8-6-7-9-19(18)12-17/h6-12,15,20,22,27H,13-14H2,1-5H3,(H,26,30)(H,28,32). The average Bonchev–Trinajstić information content (AvgIpc) is 3.13. The van der Waals surface area contributed by atoms with E-state index < -0.39 is 29.7 Å². The Bertz CT molecular complexity index is 1090. The molecule has 182 valence electrons. The van der Waals surface area contributed by atoms with E-state index in [-0.39, 0.29) is 12.5 Å². The van der Waals surface area contributed by atoms with Crippen molar-refractivity contribution in [2.45, 2.75) is 45.9 Å². The van der Waals surface area contributed by atoms with E-state index in [4.69, 9.17) is 9.47 Å². The molecule has 2 amide bonds. The van der Waals surface area contributed by atoms with Gasteiger partial charge in [-0.2, -0.15) is 0 Å². The fourth-order valence-corrected chi connectivity index (χ4v) is 3.69. The number of hydrogen-bond acceptors (Lipinski definition) is 7. The van der Waals surface area contributed by atoms with Crippen LogP contribution in [0.2, 0.25) is 0 Å². The van der Waals surface area contributed by atoms with Crippen LogP contribution in [0.3, 0.4) is 0 Å². The molecule has 9 heteroatoms. The number of carbonyl (C=O) groups is 3. The Morgan fingerprint density at radius 1 is 1.12 bits per heavy atom. The van der Waals surface area contributed by atoms with Crippen molar-refractivity contribution < 1.29 is 23.9 Å². The molecule has 0 aliphatic carbocycles. The summed E-state index contributed by atoms with van der Waals surface area (Å²) in [5.74, 6) is -1.53. The zero-order valence-corrected chi connectivity index (χ0v) is 20.2. The lowest BCUT2D eigenvalue weighted by Crippen LogP contribution is -2.49. The van der Waals surface area contributed by atoms with Crippen LogP contribution in [0.1, 0.15) is 33.3 Å². The first-order valence-corrected chi connectivity index (χ1v) is 11.1. The highest BCUT2D eigenvalue weighted by Gasteiger charge is 2.34. The number of nitrogens with zero attached hydrogens (tertiary/aromatic N) is 1. The van der Waals surface area contributed by atoms with E-state index in [0.29, 0.717) is 12.1 Å². The van der Waals surface area contributed by atoms with Crippen LogP contribution in [-0.2, 0) is 25.5 Å². The number of nitrogens with one attached hydrogen (secondary N) is 3. The summed E-state index contributed by atoms with van der Waals surface area (Å²) >= 11 is 0. The lowest BCUT2D eigenvalue weighted by atomic mass is 10.0. The van der Waals surface area contributed by atoms with E-state index >= 15 is 0 Å². The van der Waals surface area contributed by atoms with E-state index in [1.54, 1.807) is 32.0 Å². The van der Waals surface area contributed by atoms with Gasteiger partial charge >= 0.3 is 12.1 Å². The van der Waals surface area contributed by atoms with Gasteiger partial charge in [0.05, 0.1) is 7.11 Å². The van der Waals surface area contributed by atoms with Crippen LogP contribution in [0.25, 0.3) is 10.8 Å². The van der Waals surface area contributed by atoms with E-state index in [9.17, 15) is 14.4 Å². The Morgan fingerprint density at radius 2 is 1.82 bits per heavy atom. The summed E-state index contributed by atoms with van der Waals surface area (Å²) in [5, 5.41) is 9.79. The largest absolute Gasteiger partial charge is 0.468 e. The van der Waals surface area contributed by atoms with Gasteiger partial charge in [-0.25, -0.2) is 10.2 Å². The second-order valence-corrected chi connectivity index (χ2v) is 9.16. The molecule has 1 aliphatic rings. The minimum absolute atomic E-state index is 0.0593. The minimum atomic E-state index is -0.765. The zero-order valence-electron chi connectivity index (χ0n) is 20.2. The zero-order chi connectivity index (χ0) is 24.9. The van der Waals surface area contributed by atoms with Crippen LogP contribution in [0.4, 0.5) is 4.79 Å². The molecule has 9 nitrogen and oxygen atoms in total. The summed E-state index contributed by atoms with van der Waals surface area (Å²) in [7, 11) is 1.29. The van der Waals surface area contributed by atoms with Gasteiger partial charge in [-0.1, -0.05) is 42.5 Å². The third kappa shape index (κ3) is 6.63. The Hall–Kier alpha value is -3.75. The van der Waals surface area contributed by atoms with Crippen LogP contribution in [0.5, 0.6) is 0 Å². The van der Waals surface area contributed by atoms with Gasteiger partial charge in [0, 0.05) is 31.8 Å². The van der Waals surface area contributed by atoms with E-state index in [1.807, 2.05) is 36.4 Å². The second kappa shape index (κ2) is 10.5. The average molecular weight is 469 g/mol. The smallest absolute Gasteiger partial charge is 0.426 e. The summed E-state index contributed by atoms with van der Waals surface area (Å²) in [4.78, 5) is 36.4. The van der Waals surface area contributed by atoms with Crippen molar-refractivity contribution >= 4 is 28.7 Å². The molecule has 0 saturated carbocycles. The van der Waals surface area contributed by atoms with Crippen molar-refractivity contribution in [3.8, 4) is 0 Å². The van der Waals surface area contributed by atoms with Crippen molar-refractivity contribution in [1.82, 2.24) is 21.1 Å². The van der Waals surface area contributed by atoms with Crippen molar-refractivity contribution in [3.63, 3.8) is 0 Å². The Kier molecular flexibility index (Phi) is 7.65. The Labute approximate surface area is 199 Å². The number of ether oxygens (including phenoxy) is 2. The molecule has 2 atom stereocenters. The van der Waals surface area contributed by atoms with Crippen molar-refractivity contribution in [1.29, 1.82) is 0 Å². The molecule has 2 aromatic carbocycles. The summed E-state index contributed by atoms with van der Waals surface area (Å²) in [6.07, 6.45) is 1.15. The topological polar surface area (TPSA) is 109 Å². The lowest BCUT2D eigenvalue weighted by molar-refractivity contribution is -0.144. The third-order valence-corrected chi connectivity index (χ3v) is 5.23. The molecule has 3 N–H and O–H groups in total. The molecule has 2 unspecified atom stereocenters. The maximum absolute atomic E-state index is 12.5. The molecule has 0 saturated heterocycles. The third-order valence-electron chi connectivity index (χ3n) is 5.23. The molecule has 2 aromatic rings. The van der Waals surface area contributed by atoms with E-state index in [0.717, 1.165) is 16.3 Å². The predicted octanol–water partition coefficient (Wildman–Crippen LogP) is 2.82. The van der Waals surface area contributed by atoms with Crippen LogP contribution in [0, 0.1) is 5.92 Å².